The molecule has 1 heterocycles. The van der Waals surface area contributed by atoms with Crippen LogP contribution in [0.1, 0.15) is 42.3 Å². The zero-order chi connectivity index (χ0) is 27.4. The fourth-order valence-corrected chi connectivity index (χ4v) is 3.93. The first kappa shape index (κ1) is 26.6. The number of hydrogen-bond donors (Lipinski definition) is 2. The molecule has 0 aliphatic carbocycles. The van der Waals surface area contributed by atoms with Gasteiger partial charge in [-0.3, -0.25) is 4.79 Å². The Labute approximate surface area is 219 Å². The van der Waals surface area contributed by atoms with E-state index in [4.69, 9.17) is 0 Å². The average molecular weight is 516 g/mol. The van der Waals surface area contributed by atoms with Crippen molar-refractivity contribution < 1.29 is 23.5 Å². The molecule has 8 heteroatoms. The molecular weight excluding hydrogens is 488 g/mol. The van der Waals surface area contributed by atoms with E-state index in [-0.39, 0.29) is 17.4 Å². The number of aliphatic carboxylic acids is 1. The third kappa shape index (κ3) is 6.26. The van der Waals surface area contributed by atoms with Gasteiger partial charge in [-0.05, 0) is 40.8 Å². The van der Waals surface area contributed by atoms with E-state index in [9.17, 15) is 23.5 Å². The number of carboxylic acid groups (broad SMARTS) is 1. The molecule has 194 valence electrons. The van der Waals surface area contributed by atoms with Crippen molar-refractivity contribution in [1.29, 1.82) is 0 Å². The first-order valence-electron chi connectivity index (χ1n) is 12.0. The van der Waals surface area contributed by atoms with Crippen LogP contribution in [0.5, 0.6) is 0 Å². The van der Waals surface area contributed by atoms with Crippen molar-refractivity contribution >= 4 is 11.9 Å². The van der Waals surface area contributed by atoms with Crippen molar-refractivity contribution in [2.45, 2.75) is 38.6 Å². The summed E-state index contributed by atoms with van der Waals surface area (Å²) in [5, 5.41) is 12.3. The van der Waals surface area contributed by atoms with E-state index < -0.39 is 29.6 Å². The van der Waals surface area contributed by atoms with Crippen molar-refractivity contribution in [3.05, 3.63) is 107 Å². The molecule has 0 radical (unpaired) electrons. The Bertz CT molecular complexity index is 1450. The largest absolute Gasteiger partial charge is 0.480 e. The number of carbonyl (C=O) groups is 2. The zero-order valence-electron chi connectivity index (χ0n) is 21.2. The summed E-state index contributed by atoms with van der Waals surface area (Å²) >= 11 is 0. The number of halogens is 2. The predicted molar refractivity (Wildman–Crippen MR) is 141 cm³/mol. The fraction of sp³-hybridized carbons (Fsp3) is 0.200. The second kappa shape index (κ2) is 10.9. The Morgan fingerprint density at radius 3 is 2.08 bits per heavy atom. The number of rotatable bonds is 7. The summed E-state index contributed by atoms with van der Waals surface area (Å²) in [6.45, 7) is 6.22. The van der Waals surface area contributed by atoms with Gasteiger partial charge in [0.25, 0.3) is 5.91 Å². The first-order chi connectivity index (χ1) is 18.0. The highest BCUT2D eigenvalue weighted by Crippen LogP contribution is 2.25. The van der Waals surface area contributed by atoms with Crippen LogP contribution >= 0.6 is 0 Å². The summed E-state index contributed by atoms with van der Waals surface area (Å²) in [6, 6.07) is 16.3. The van der Waals surface area contributed by atoms with Gasteiger partial charge in [0, 0.05) is 47.1 Å². The van der Waals surface area contributed by atoms with Crippen LogP contribution in [0.25, 0.3) is 22.5 Å². The number of benzene rings is 3. The molecule has 1 aromatic heterocycles. The molecule has 0 aliphatic heterocycles. The molecular formula is C30H27F2N3O3. The minimum Gasteiger partial charge on any atom is -0.480 e. The maximum atomic E-state index is 14.0. The van der Waals surface area contributed by atoms with Crippen LogP contribution in [-0.2, 0) is 16.6 Å². The van der Waals surface area contributed by atoms with Crippen LogP contribution in [0.4, 0.5) is 8.78 Å². The Kier molecular flexibility index (Phi) is 7.62. The maximum Gasteiger partial charge on any atom is 0.326 e. The molecule has 2 N–H and O–H groups in total. The van der Waals surface area contributed by atoms with Gasteiger partial charge in [0.2, 0.25) is 0 Å². The Balaban J connectivity index is 1.43. The van der Waals surface area contributed by atoms with Gasteiger partial charge < -0.3 is 10.4 Å². The fourth-order valence-electron chi connectivity index (χ4n) is 3.93. The molecule has 38 heavy (non-hydrogen) atoms. The number of nitrogens with zero attached hydrogens (tertiary/aromatic N) is 2. The van der Waals surface area contributed by atoms with E-state index in [2.05, 4.69) is 36.1 Å². The maximum absolute atomic E-state index is 14.0. The number of nitrogens with one attached hydrogen (secondary N) is 1. The molecule has 4 aromatic rings. The molecule has 6 nitrogen and oxygen atoms in total. The lowest BCUT2D eigenvalue weighted by atomic mass is 9.86. The Morgan fingerprint density at radius 1 is 0.895 bits per heavy atom. The van der Waals surface area contributed by atoms with Crippen LogP contribution < -0.4 is 5.32 Å². The topological polar surface area (TPSA) is 92.2 Å². The van der Waals surface area contributed by atoms with Gasteiger partial charge in [0.05, 0.1) is 0 Å². The number of hydrogen-bond acceptors (Lipinski definition) is 4. The lowest BCUT2D eigenvalue weighted by molar-refractivity contribution is -0.139. The molecule has 1 atom stereocenters. The first-order valence-corrected chi connectivity index (χ1v) is 12.0. The van der Waals surface area contributed by atoms with Gasteiger partial charge in [0.15, 0.2) is 5.82 Å². The van der Waals surface area contributed by atoms with E-state index in [0.717, 1.165) is 11.6 Å². The van der Waals surface area contributed by atoms with Crippen molar-refractivity contribution in [3.63, 3.8) is 0 Å². The highest BCUT2D eigenvalue weighted by Gasteiger charge is 2.22. The molecule has 0 saturated heterocycles. The summed E-state index contributed by atoms with van der Waals surface area (Å²) in [6.07, 6.45) is 3.00. The molecule has 0 saturated carbocycles. The summed E-state index contributed by atoms with van der Waals surface area (Å²) in [5.74, 6) is -2.57. The van der Waals surface area contributed by atoms with Gasteiger partial charge in [-0.25, -0.2) is 23.5 Å². The lowest BCUT2D eigenvalue weighted by Gasteiger charge is -2.19. The normalized spacial score (nSPS) is 12.1. The Morgan fingerprint density at radius 2 is 1.53 bits per heavy atom. The van der Waals surface area contributed by atoms with Crippen molar-refractivity contribution in [3.8, 4) is 22.5 Å². The highest BCUT2D eigenvalue weighted by molar-refractivity contribution is 5.96. The van der Waals surface area contributed by atoms with Crippen molar-refractivity contribution in [2.24, 2.45) is 0 Å². The second-order valence-electron chi connectivity index (χ2n) is 10.0. The van der Waals surface area contributed by atoms with E-state index >= 15 is 0 Å². The van der Waals surface area contributed by atoms with E-state index in [1.165, 1.54) is 24.5 Å². The minimum atomic E-state index is -1.14. The molecule has 0 unspecified atom stereocenters. The number of amides is 1. The van der Waals surface area contributed by atoms with Crippen LogP contribution in [0.2, 0.25) is 0 Å². The molecule has 0 aliphatic rings. The van der Waals surface area contributed by atoms with Crippen LogP contribution in [0, 0.1) is 11.6 Å². The van der Waals surface area contributed by atoms with Gasteiger partial charge in [-0.1, -0.05) is 57.2 Å². The molecule has 4 rings (SSSR count). The zero-order valence-corrected chi connectivity index (χ0v) is 21.2. The van der Waals surface area contributed by atoms with Crippen LogP contribution in [-0.4, -0.2) is 33.0 Å². The standard InChI is InChI=1S/C30H27F2N3O3/c1-30(2,3)22-10-8-20(9-11-22)28(36)35-26(29(37)38)14-18-4-6-19(7-5-18)27-33-16-21(17-34-27)24-13-12-23(31)15-25(24)32/h4-13,15-17,26H,14H2,1-3H3,(H,35,36)(H,37,38)/t26-/m0/s1. The van der Waals surface area contributed by atoms with Crippen LogP contribution in [0.15, 0.2) is 79.1 Å². The Hall–Kier alpha value is -4.46. The lowest BCUT2D eigenvalue weighted by Crippen LogP contribution is -2.42. The third-order valence-electron chi connectivity index (χ3n) is 6.16. The van der Waals surface area contributed by atoms with Gasteiger partial charge in [0.1, 0.15) is 17.7 Å². The van der Waals surface area contributed by atoms with E-state index in [1.54, 1.807) is 36.4 Å². The van der Waals surface area contributed by atoms with Gasteiger partial charge in [-0.15, -0.1) is 0 Å². The van der Waals surface area contributed by atoms with E-state index in [1.807, 2.05) is 12.1 Å². The number of aromatic nitrogens is 2. The highest BCUT2D eigenvalue weighted by atomic mass is 19.1. The van der Waals surface area contributed by atoms with Gasteiger partial charge >= 0.3 is 5.97 Å². The second-order valence-corrected chi connectivity index (χ2v) is 10.0. The molecule has 1 amide bonds. The summed E-state index contributed by atoms with van der Waals surface area (Å²) in [5.41, 5.74) is 3.39. The SMILES string of the molecule is CC(C)(C)c1ccc(C(=O)N[C@@H](Cc2ccc(-c3ncc(-c4ccc(F)cc4F)cn3)cc2)C(=O)O)cc1. The summed E-state index contributed by atoms with van der Waals surface area (Å²) in [7, 11) is 0. The molecule has 0 spiro atoms. The van der Waals surface area contributed by atoms with Crippen molar-refractivity contribution in [2.75, 3.05) is 0 Å². The molecule has 3 aromatic carbocycles. The average Bonchev–Trinajstić information content (AvgIpc) is 2.88. The quantitative estimate of drug-likeness (QED) is 0.324. The van der Waals surface area contributed by atoms with Crippen LogP contribution in [0.3, 0.4) is 0 Å². The monoisotopic (exact) mass is 515 g/mol. The van der Waals surface area contributed by atoms with Gasteiger partial charge in [-0.2, -0.15) is 0 Å². The summed E-state index contributed by atoms with van der Waals surface area (Å²) in [4.78, 5) is 33.1. The summed E-state index contributed by atoms with van der Waals surface area (Å²) < 4.78 is 27.2. The minimum absolute atomic E-state index is 0.0572. The van der Waals surface area contributed by atoms with E-state index in [0.29, 0.717) is 28.1 Å². The van der Waals surface area contributed by atoms with Crippen molar-refractivity contribution in [1.82, 2.24) is 15.3 Å². The number of carboxylic acids is 1. The predicted octanol–water partition coefficient (Wildman–Crippen LogP) is 5.81. The third-order valence-corrected chi connectivity index (χ3v) is 6.16. The smallest absolute Gasteiger partial charge is 0.326 e. The number of carbonyl (C=O) groups excluding carboxylic acids is 1. The molecule has 0 bridgehead atoms. The molecule has 0 fully saturated rings.